The van der Waals surface area contributed by atoms with Crippen LogP contribution in [-0.2, 0) is 24.0 Å². The molecule has 0 atom stereocenters. The molecule has 45 valence electrons. The molecule has 0 bridgehead atoms. The molecule has 0 aromatic rings. The Morgan fingerprint density at radius 3 is 0.667 bits per heavy atom. The second kappa shape index (κ2) is 75.1. The topological polar surface area (TPSA) is 28.5 Å². The molecule has 0 saturated carbocycles. The maximum Gasteiger partial charge on any atom is 0 e. The van der Waals surface area contributed by atoms with Gasteiger partial charge in [-0.2, -0.15) is 0 Å². The largest absolute Gasteiger partial charge is 2.00 e. The fourth-order valence-corrected chi connectivity index (χ4v) is 0. The van der Waals surface area contributed by atoms with Crippen LogP contribution < -0.4 is 37.2 Å². The van der Waals surface area contributed by atoms with Crippen molar-refractivity contribution in [3.63, 3.8) is 0 Å². The molecule has 6 heavy (non-hydrogen) atoms. The average Bonchev–Trinajstić information content (AvgIpc) is 0. The van der Waals surface area contributed by atoms with E-state index in [-0.39, 0.29) is 73.7 Å². The summed E-state index contributed by atoms with van der Waals surface area (Å²) in [6, 6.07) is 0. The van der Waals surface area contributed by atoms with Gasteiger partial charge in [-0.1, -0.05) is 0 Å². The molecule has 0 aliphatic heterocycles. The second-order valence-electron chi connectivity index (χ2n) is 0. The predicted octanol–water partition coefficient (Wildman–Crippen LogP) is -8.69. The second-order valence-corrected chi connectivity index (χ2v) is 0. The summed E-state index contributed by atoms with van der Waals surface area (Å²) >= 11 is 0. The predicted molar refractivity (Wildman–Crippen MR) is 7.93 cm³/mol. The van der Waals surface area contributed by atoms with Gasteiger partial charge in [0.2, 0.25) is 0 Å². The van der Waals surface area contributed by atoms with Crippen molar-refractivity contribution in [2.75, 3.05) is 0 Å². The summed E-state index contributed by atoms with van der Waals surface area (Å²) in [6.45, 7) is 0. The van der Waals surface area contributed by atoms with Crippen LogP contribution >= 0.6 is 12.4 Å². The molecule has 0 unspecified atom stereocenters. The number of rotatable bonds is 0. The van der Waals surface area contributed by atoms with Crippen molar-refractivity contribution in [2.45, 2.75) is 0 Å². The number of hydrogen-bond donors (Lipinski definition) is 0. The van der Waals surface area contributed by atoms with Gasteiger partial charge in [-0.25, -0.2) is 0 Å². The van der Waals surface area contributed by atoms with Crippen molar-refractivity contribution >= 4 is 12.4 Å². The molecule has 0 aromatic carbocycles. The smallest absolute Gasteiger partial charge is 0 e. The van der Waals surface area contributed by atoms with Gasteiger partial charge in [-0.15, -0.1) is 12.4 Å². The van der Waals surface area contributed by atoms with Gasteiger partial charge in [-0.05, 0) is 0 Å². The SMILES string of the molecule is Cl.[Cl-].[Cl-].[Cl-].[O-2].[V]. The van der Waals surface area contributed by atoms with Crippen LogP contribution in [0.25, 0.3) is 0 Å². The van der Waals surface area contributed by atoms with Gasteiger partial charge < -0.3 is 42.7 Å². The molecule has 1 radical (unpaired) electrons. The molecule has 0 fully saturated rings. The molecular formula is HCl4OV-5. The van der Waals surface area contributed by atoms with E-state index in [1.54, 1.807) is 0 Å². The zero-order valence-electron chi connectivity index (χ0n) is 2.40. The van der Waals surface area contributed by atoms with E-state index >= 15 is 0 Å². The van der Waals surface area contributed by atoms with Crippen molar-refractivity contribution in [3.8, 4) is 0 Å². The summed E-state index contributed by atoms with van der Waals surface area (Å²) < 4.78 is 0. The molecule has 0 aromatic heterocycles. The van der Waals surface area contributed by atoms with Crippen LogP contribution in [0.1, 0.15) is 0 Å². The van der Waals surface area contributed by atoms with Crippen molar-refractivity contribution in [2.24, 2.45) is 0 Å². The Bertz CT molecular complexity index is 7.51. The molecule has 0 amide bonds. The minimum atomic E-state index is 0. The molecule has 0 heterocycles. The molecule has 0 saturated heterocycles. The summed E-state index contributed by atoms with van der Waals surface area (Å²) in [5.74, 6) is 0. The quantitative estimate of drug-likeness (QED) is 0.379. The Morgan fingerprint density at radius 1 is 0.667 bits per heavy atom. The van der Waals surface area contributed by atoms with Crippen molar-refractivity contribution in [3.05, 3.63) is 0 Å². The monoisotopic (exact) mass is 208 g/mol. The van der Waals surface area contributed by atoms with Crippen LogP contribution in [0.3, 0.4) is 0 Å². The van der Waals surface area contributed by atoms with E-state index in [2.05, 4.69) is 0 Å². The van der Waals surface area contributed by atoms with E-state index in [0.717, 1.165) is 0 Å². The van der Waals surface area contributed by atoms with Crippen LogP contribution in [0.2, 0.25) is 0 Å². The zero-order valence-corrected chi connectivity index (χ0v) is 6.88. The van der Waals surface area contributed by atoms with E-state index in [4.69, 9.17) is 0 Å². The van der Waals surface area contributed by atoms with E-state index in [1.807, 2.05) is 0 Å². The van der Waals surface area contributed by atoms with Gasteiger partial charge in [0, 0.05) is 18.6 Å². The first-order valence-electron chi connectivity index (χ1n) is 0. The van der Waals surface area contributed by atoms with Crippen LogP contribution in [-0.4, -0.2) is 0 Å². The molecule has 0 spiro atoms. The fourth-order valence-electron chi connectivity index (χ4n) is 0. The van der Waals surface area contributed by atoms with E-state index in [1.165, 1.54) is 0 Å². The first-order chi connectivity index (χ1) is 0. The van der Waals surface area contributed by atoms with Gasteiger partial charge in [0.15, 0.2) is 0 Å². The average molecular weight is 210 g/mol. The molecule has 6 heteroatoms. The molecule has 0 aliphatic rings. The van der Waals surface area contributed by atoms with Gasteiger partial charge in [0.25, 0.3) is 0 Å². The van der Waals surface area contributed by atoms with Gasteiger partial charge in [-0.3, -0.25) is 0 Å². The third-order valence-electron chi connectivity index (χ3n) is 0. The van der Waals surface area contributed by atoms with Gasteiger partial charge >= 0.3 is 0 Å². The fraction of sp³-hybridized carbons (Fsp3) is 0. The summed E-state index contributed by atoms with van der Waals surface area (Å²) in [5.41, 5.74) is 0. The molecular weight excluding hydrogens is 209 g/mol. The molecule has 0 N–H and O–H groups in total. The Labute approximate surface area is 73.5 Å². The molecule has 0 aliphatic carbocycles. The Morgan fingerprint density at radius 2 is 0.667 bits per heavy atom. The summed E-state index contributed by atoms with van der Waals surface area (Å²) in [7, 11) is 0. The maximum absolute atomic E-state index is 0. The molecule has 1 nitrogen and oxygen atoms in total. The third kappa shape index (κ3) is 43.5. The van der Waals surface area contributed by atoms with Crippen molar-refractivity contribution in [1.82, 2.24) is 0 Å². The normalized spacial score (nSPS) is 0. The molecule has 0 rings (SSSR count). The van der Waals surface area contributed by atoms with Crippen LogP contribution in [0.4, 0.5) is 0 Å². The zero-order chi connectivity index (χ0) is 0. The van der Waals surface area contributed by atoms with E-state index in [0.29, 0.717) is 0 Å². The van der Waals surface area contributed by atoms with Crippen LogP contribution in [0.15, 0.2) is 0 Å². The van der Waals surface area contributed by atoms with Crippen molar-refractivity contribution in [1.29, 1.82) is 0 Å². The standard InChI is InChI=1S/4ClH.O.V/h4*1H;;/q;;;;-2;/p-3. The summed E-state index contributed by atoms with van der Waals surface area (Å²) in [5, 5.41) is 0. The number of halogens is 4. The van der Waals surface area contributed by atoms with Crippen molar-refractivity contribution < 1.29 is 61.3 Å². The maximum atomic E-state index is 0. The minimum Gasteiger partial charge on any atom is -2.00 e. The first-order valence-corrected chi connectivity index (χ1v) is 0. The van der Waals surface area contributed by atoms with Gasteiger partial charge in [0.05, 0.1) is 0 Å². The van der Waals surface area contributed by atoms with E-state index in [9.17, 15) is 0 Å². The number of hydrogen-bond acceptors (Lipinski definition) is 0. The minimum absolute atomic E-state index is 0. The van der Waals surface area contributed by atoms with E-state index < -0.39 is 0 Å². The first kappa shape index (κ1) is 119. The Kier molecular flexibility index (Phi) is 1490. The summed E-state index contributed by atoms with van der Waals surface area (Å²) in [6.07, 6.45) is 0. The Balaban J connectivity index is 0. The summed E-state index contributed by atoms with van der Waals surface area (Å²) in [4.78, 5) is 0. The van der Waals surface area contributed by atoms with Crippen LogP contribution in [0, 0.1) is 0 Å². The van der Waals surface area contributed by atoms with Gasteiger partial charge in [0.1, 0.15) is 0 Å². The van der Waals surface area contributed by atoms with Crippen LogP contribution in [0.5, 0.6) is 0 Å². The third-order valence-corrected chi connectivity index (χ3v) is 0. The Hall–Kier alpha value is 1.70.